The number of halogens is 1. The van der Waals surface area contributed by atoms with E-state index in [1.54, 1.807) is 11.9 Å². The second-order valence-electron chi connectivity index (χ2n) is 6.73. The SMILES string of the molecule is COc1ccc(F)cc1S(=O)(=O)N1CCC[C@H](C(=O)N(C)c2ccccc2)C1. The number of hydrogen-bond acceptors (Lipinski definition) is 4. The molecule has 6 nitrogen and oxygen atoms in total. The lowest BCUT2D eigenvalue weighted by Crippen LogP contribution is -2.46. The van der Waals surface area contributed by atoms with Gasteiger partial charge in [0.2, 0.25) is 15.9 Å². The molecule has 150 valence electrons. The van der Waals surface area contributed by atoms with Crippen LogP contribution in [0.3, 0.4) is 0 Å². The van der Waals surface area contributed by atoms with Crippen LogP contribution in [0.5, 0.6) is 5.75 Å². The third-order valence-corrected chi connectivity index (χ3v) is 6.84. The van der Waals surface area contributed by atoms with Crippen LogP contribution >= 0.6 is 0 Å². The van der Waals surface area contributed by atoms with E-state index >= 15 is 0 Å². The minimum absolute atomic E-state index is 0.0536. The first-order chi connectivity index (χ1) is 13.3. The first-order valence-electron chi connectivity index (χ1n) is 9.01. The third kappa shape index (κ3) is 4.02. The summed E-state index contributed by atoms with van der Waals surface area (Å²) in [6.45, 7) is 0.332. The van der Waals surface area contributed by atoms with E-state index in [9.17, 15) is 17.6 Å². The van der Waals surface area contributed by atoms with E-state index in [-0.39, 0.29) is 29.6 Å². The van der Waals surface area contributed by atoms with Crippen LogP contribution in [0, 0.1) is 11.7 Å². The van der Waals surface area contributed by atoms with Gasteiger partial charge in [0.1, 0.15) is 16.5 Å². The molecule has 0 aliphatic carbocycles. The average Bonchev–Trinajstić information content (AvgIpc) is 2.73. The zero-order chi connectivity index (χ0) is 20.3. The second-order valence-corrected chi connectivity index (χ2v) is 8.64. The van der Waals surface area contributed by atoms with Crippen molar-refractivity contribution in [2.45, 2.75) is 17.7 Å². The highest BCUT2D eigenvalue weighted by Gasteiger charge is 2.36. The second kappa shape index (κ2) is 8.28. The van der Waals surface area contributed by atoms with Gasteiger partial charge < -0.3 is 9.64 Å². The van der Waals surface area contributed by atoms with Gasteiger partial charge in [-0.3, -0.25) is 4.79 Å². The number of ether oxygens (including phenoxy) is 1. The summed E-state index contributed by atoms with van der Waals surface area (Å²) in [7, 11) is -0.968. The maximum Gasteiger partial charge on any atom is 0.246 e. The zero-order valence-corrected chi connectivity index (χ0v) is 16.7. The lowest BCUT2D eigenvalue weighted by Gasteiger charge is -2.33. The van der Waals surface area contributed by atoms with Gasteiger partial charge >= 0.3 is 0 Å². The predicted octanol–water partition coefficient (Wildman–Crippen LogP) is 2.90. The summed E-state index contributed by atoms with van der Waals surface area (Å²) in [5.74, 6) is -1.19. The number of piperidine rings is 1. The largest absolute Gasteiger partial charge is 0.495 e. The minimum atomic E-state index is -3.99. The molecule has 1 saturated heterocycles. The molecule has 1 fully saturated rings. The Kier molecular flexibility index (Phi) is 6.00. The molecular weight excluding hydrogens is 383 g/mol. The van der Waals surface area contributed by atoms with E-state index < -0.39 is 21.8 Å². The van der Waals surface area contributed by atoms with Crippen molar-refractivity contribution >= 4 is 21.6 Å². The monoisotopic (exact) mass is 406 g/mol. The van der Waals surface area contributed by atoms with Gasteiger partial charge in [-0.15, -0.1) is 0 Å². The van der Waals surface area contributed by atoms with Crippen molar-refractivity contribution in [1.29, 1.82) is 0 Å². The molecule has 8 heteroatoms. The Morgan fingerprint density at radius 2 is 1.93 bits per heavy atom. The van der Waals surface area contributed by atoms with Crippen LogP contribution in [0.4, 0.5) is 10.1 Å². The molecule has 1 amide bonds. The quantitative estimate of drug-likeness (QED) is 0.766. The Morgan fingerprint density at radius 3 is 2.61 bits per heavy atom. The molecule has 3 rings (SSSR count). The molecule has 1 aliphatic heterocycles. The van der Waals surface area contributed by atoms with Crippen LogP contribution in [0.1, 0.15) is 12.8 Å². The molecule has 0 spiro atoms. The number of hydrogen-bond donors (Lipinski definition) is 0. The third-order valence-electron chi connectivity index (χ3n) is 4.95. The maximum atomic E-state index is 13.7. The Labute approximate surface area is 164 Å². The first kappa shape index (κ1) is 20.3. The van der Waals surface area contributed by atoms with Crippen LogP contribution in [-0.2, 0) is 14.8 Å². The number of nitrogens with zero attached hydrogens (tertiary/aromatic N) is 2. The van der Waals surface area contributed by atoms with Gasteiger partial charge in [0.05, 0.1) is 13.0 Å². The lowest BCUT2D eigenvalue weighted by atomic mass is 9.98. The summed E-state index contributed by atoms with van der Waals surface area (Å²) in [6.07, 6.45) is 1.15. The van der Waals surface area contributed by atoms with Crippen molar-refractivity contribution in [3.63, 3.8) is 0 Å². The number of rotatable bonds is 5. The van der Waals surface area contributed by atoms with Gasteiger partial charge in [-0.25, -0.2) is 12.8 Å². The summed E-state index contributed by atoms with van der Waals surface area (Å²) in [5.41, 5.74) is 0.749. The van der Waals surface area contributed by atoms with E-state index in [4.69, 9.17) is 4.74 Å². The van der Waals surface area contributed by atoms with Crippen molar-refractivity contribution in [2.75, 3.05) is 32.1 Å². The number of para-hydroxylation sites is 1. The van der Waals surface area contributed by atoms with Gasteiger partial charge in [0, 0.05) is 25.8 Å². The topological polar surface area (TPSA) is 66.9 Å². The van der Waals surface area contributed by atoms with Crippen LogP contribution in [-0.4, -0.2) is 45.9 Å². The molecule has 0 saturated carbocycles. The molecule has 2 aromatic carbocycles. The molecule has 0 unspecified atom stereocenters. The van der Waals surface area contributed by atoms with Crippen molar-refractivity contribution in [3.8, 4) is 5.75 Å². The average molecular weight is 406 g/mol. The zero-order valence-electron chi connectivity index (χ0n) is 15.8. The molecule has 0 radical (unpaired) electrons. The highest BCUT2D eigenvalue weighted by atomic mass is 32.2. The number of benzene rings is 2. The first-order valence-corrected chi connectivity index (χ1v) is 10.4. The van der Waals surface area contributed by atoms with Gasteiger partial charge in [-0.05, 0) is 43.2 Å². The van der Waals surface area contributed by atoms with Gasteiger partial charge in [0.25, 0.3) is 0 Å². The van der Waals surface area contributed by atoms with Crippen molar-refractivity contribution in [2.24, 2.45) is 5.92 Å². The summed E-state index contributed by atoms with van der Waals surface area (Å²) in [6, 6.07) is 12.6. The standard InChI is InChI=1S/C20H23FN2O4S/c1-22(17-8-4-3-5-9-17)20(24)15-7-6-12-23(14-15)28(25,26)19-13-16(21)10-11-18(19)27-2/h3-5,8-11,13,15H,6-7,12,14H2,1-2H3/t15-/m0/s1. The summed E-state index contributed by atoms with van der Waals surface area (Å²) < 4.78 is 46.2. The Bertz CT molecular complexity index is 950. The fourth-order valence-corrected chi connectivity index (χ4v) is 5.10. The number of methoxy groups -OCH3 is 1. The van der Waals surface area contributed by atoms with E-state index in [1.165, 1.54) is 17.5 Å². The molecule has 28 heavy (non-hydrogen) atoms. The predicted molar refractivity (Wildman–Crippen MR) is 104 cm³/mol. The van der Waals surface area contributed by atoms with Gasteiger partial charge in [0.15, 0.2) is 0 Å². The van der Waals surface area contributed by atoms with Crippen LogP contribution in [0.25, 0.3) is 0 Å². The summed E-state index contributed by atoms with van der Waals surface area (Å²) >= 11 is 0. The van der Waals surface area contributed by atoms with Crippen LogP contribution in [0.15, 0.2) is 53.4 Å². The van der Waals surface area contributed by atoms with Crippen molar-refractivity contribution < 1.29 is 22.3 Å². The summed E-state index contributed by atoms with van der Waals surface area (Å²) in [4.78, 5) is 14.2. The van der Waals surface area contributed by atoms with Gasteiger partial charge in [-0.1, -0.05) is 18.2 Å². The molecule has 0 bridgehead atoms. The smallest absolute Gasteiger partial charge is 0.246 e. The highest BCUT2D eigenvalue weighted by Crippen LogP contribution is 2.31. The number of anilines is 1. The van der Waals surface area contributed by atoms with E-state index in [2.05, 4.69) is 0 Å². The number of amides is 1. The van der Waals surface area contributed by atoms with Crippen molar-refractivity contribution in [3.05, 3.63) is 54.3 Å². The molecule has 2 aromatic rings. The fourth-order valence-electron chi connectivity index (χ4n) is 3.41. The number of carbonyl (C=O) groups excluding carboxylic acids is 1. The minimum Gasteiger partial charge on any atom is -0.495 e. The fraction of sp³-hybridized carbons (Fsp3) is 0.350. The maximum absolute atomic E-state index is 13.7. The lowest BCUT2D eigenvalue weighted by molar-refractivity contribution is -0.123. The molecule has 1 heterocycles. The molecule has 0 N–H and O–H groups in total. The van der Waals surface area contributed by atoms with E-state index in [0.717, 1.165) is 17.8 Å². The van der Waals surface area contributed by atoms with Crippen LogP contribution in [0.2, 0.25) is 0 Å². The number of sulfonamides is 1. The van der Waals surface area contributed by atoms with Crippen molar-refractivity contribution in [1.82, 2.24) is 4.31 Å². The Morgan fingerprint density at radius 1 is 1.21 bits per heavy atom. The van der Waals surface area contributed by atoms with E-state index in [0.29, 0.717) is 12.8 Å². The highest BCUT2D eigenvalue weighted by molar-refractivity contribution is 7.89. The van der Waals surface area contributed by atoms with Gasteiger partial charge in [-0.2, -0.15) is 4.31 Å². The molecule has 1 atom stereocenters. The molecular formula is C20H23FN2O4S. The summed E-state index contributed by atoms with van der Waals surface area (Å²) in [5, 5.41) is 0. The van der Waals surface area contributed by atoms with E-state index in [1.807, 2.05) is 30.3 Å². The Balaban J connectivity index is 1.83. The normalized spacial score (nSPS) is 17.9. The Hall–Kier alpha value is -2.45. The number of carbonyl (C=O) groups is 1. The molecule has 0 aromatic heterocycles. The molecule has 1 aliphatic rings. The van der Waals surface area contributed by atoms with Crippen LogP contribution < -0.4 is 9.64 Å².